The number of carbonyl (C=O) groups excluding carboxylic acids is 1. The zero-order valence-electron chi connectivity index (χ0n) is 17.9. The third-order valence-electron chi connectivity index (χ3n) is 4.90. The highest BCUT2D eigenvalue weighted by molar-refractivity contribution is 5.69. The average molecular weight is 367 g/mol. The molecule has 0 aliphatic carbocycles. The van der Waals surface area contributed by atoms with Crippen LogP contribution in [0.15, 0.2) is 12.2 Å². The summed E-state index contributed by atoms with van der Waals surface area (Å²) in [6.07, 6.45) is 26.8. The summed E-state index contributed by atoms with van der Waals surface area (Å²) in [5.41, 5.74) is 0. The Morgan fingerprint density at radius 1 is 0.615 bits per heavy atom. The van der Waals surface area contributed by atoms with Gasteiger partial charge in [0.05, 0.1) is 6.61 Å². The lowest BCUT2D eigenvalue weighted by Crippen LogP contribution is -2.05. The summed E-state index contributed by atoms with van der Waals surface area (Å²) in [6, 6.07) is 0. The van der Waals surface area contributed by atoms with Gasteiger partial charge in [0.25, 0.3) is 0 Å². The standard InChI is InChI=1S/C24H46O2/c1-3-5-7-9-10-11-12-13-14-15-16-17-18-19-20-22-24(25)26-23-21-8-6-4-2/h13-14H,3-12,15-23H2,1-2H3/b14-13-. The van der Waals surface area contributed by atoms with E-state index in [9.17, 15) is 4.79 Å². The first-order valence-electron chi connectivity index (χ1n) is 11.6. The molecule has 0 saturated carbocycles. The summed E-state index contributed by atoms with van der Waals surface area (Å²) < 4.78 is 5.26. The van der Waals surface area contributed by atoms with Gasteiger partial charge in [0.2, 0.25) is 0 Å². The molecule has 0 heterocycles. The van der Waals surface area contributed by atoms with Crippen LogP contribution in [0, 0.1) is 0 Å². The molecule has 26 heavy (non-hydrogen) atoms. The number of ether oxygens (including phenoxy) is 1. The molecule has 0 rings (SSSR count). The van der Waals surface area contributed by atoms with Crippen molar-refractivity contribution in [2.75, 3.05) is 6.61 Å². The number of unbranched alkanes of at least 4 members (excludes halogenated alkanes) is 14. The van der Waals surface area contributed by atoms with E-state index in [1.807, 2.05) is 0 Å². The maximum atomic E-state index is 11.6. The number of allylic oxidation sites excluding steroid dienone is 2. The van der Waals surface area contributed by atoms with Crippen LogP contribution >= 0.6 is 0 Å². The molecule has 0 bridgehead atoms. The highest BCUT2D eigenvalue weighted by atomic mass is 16.5. The second kappa shape index (κ2) is 22.3. The molecular formula is C24H46O2. The highest BCUT2D eigenvalue weighted by Crippen LogP contribution is 2.10. The van der Waals surface area contributed by atoms with Crippen LogP contribution in [0.3, 0.4) is 0 Å². The van der Waals surface area contributed by atoms with Gasteiger partial charge in [-0.25, -0.2) is 0 Å². The molecular weight excluding hydrogens is 320 g/mol. The molecule has 0 fully saturated rings. The van der Waals surface area contributed by atoms with E-state index in [1.54, 1.807) is 0 Å². The Morgan fingerprint density at radius 3 is 1.65 bits per heavy atom. The van der Waals surface area contributed by atoms with Gasteiger partial charge in [-0.1, -0.05) is 96.6 Å². The first kappa shape index (κ1) is 25.2. The monoisotopic (exact) mass is 366 g/mol. The number of carbonyl (C=O) groups is 1. The van der Waals surface area contributed by atoms with Crippen molar-refractivity contribution in [3.05, 3.63) is 12.2 Å². The lowest BCUT2D eigenvalue weighted by molar-refractivity contribution is -0.143. The molecule has 0 amide bonds. The van der Waals surface area contributed by atoms with Crippen molar-refractivity contribution in [1.82, 2.24) is 0 Å². The fourth-order valence-corrected chi connectivity index (χ4v) is 3.13. The van der Waals surface area contributed by atoms with E-state index in [0.717, 1.165) is 19.3 Å². The van der Waals surface area contributed by atoms with E-state index < -0.39 is 0 Å². The zero-order chi connectivity index (χ0) is 19.1. The fraction of sp³-hybridized carbons (Fsp3) is 0.875. The molecule has 0 spiro atoms. The first-order chi connectivity index (χ1) is 12.8. The Morgan fingerprint density at radius 2 is 1.08 bits per heavy atom. The van der Waals surface area contributed by atoms with Crippen LogP contribution in [0.4, 0.5) is 0 Å². The van der Waals surface area contributed by atoms with Gasteiger partial charge in [0.15, 0.2) is 0 Å². The van der Waals surface area contributed by atoms with Crippen LogP contribution in [0.25, 0.3) is 0 Å². The second-order valence-corrected chi connectivity index (χ2v) is 7.62. The summed E-state index contributed by atoms with van der Waals surface area (Å²) in [7, 11) is 0. The van der Waals surface area contributed by atoms with Gasteiger partial charge >= 0.3 is 5.97 Å². The van der Waals surface area contributed by atoms with Gasteiger partial charge in [-0.3, -0.25) is 4.79 Å². The van der Waals surface area contributed by atoms with Crippen LogP contribution in [0.1, 0.15) is 129 Å². The van der Waals surface area contributed by atoms with Gasteiger partial charge in [0, 0.05) is 6.42 Å². The van der Waals surface area contributed by atoms with Gasteiger partial charge < -0.3 is 4.74 Å². The van der Waals surface area contributed by atoms with Crippen molar-refractivity contribution in [2.24, 2.45) is 0 Å². The van der Waals surface area contributed by atoms with Gasteiger partial charge in [-0.2, -0.15) is 0 Å². The molecule has 2 nitrogen and oxygen atoms in total. The van der Waals surface area contributed by atoms with Crippen LogP contribution < -0.4 is 0 Å². The van der Waals surface area contributed by atoms with Gasteiger partial charge in [-0.05, 0) is 38.5 Å². The Hall–Kier alpha value is -0.790. The molecule has 2 heteroatoms. The predicted octanol–water partition coefficient (Wildman–Crippen LogP) is 8.15. The van der Waals surface area contributed by atoms with E-state index in [4.69, 9.17) is 4.74 Å². The quantitative estimate of drug-likeness (QED) is 0.123. The average Bonchev–Trinajstić information content (AvgIpc) is 2.64. The van der Waals surface area contributed by atoms with Gasteiger partial charge in [-0.15, -0.1) is 0 Å². The molecule has 0 aromatic heterocycles. The van der Waals surface area contributed by atoms with E-state index in [2.05, 4.69) is 26.0 Å². The molecule has 154 valence electrons. The van der Waals surface area contributed by atoms with E-state index in [0.29, 0.717) is 13.0 Å². The lowest BCUT2D eigenvalue weighted by Gasteiger charge is -2.04. The molecule has 0 N–H and O–H groups in total. The summed E-state index contributed by atoms with van der Waals surface area (Å²) in [4.78, 5) is 11.6. The second-order valence-electron chi connectivity index (χ2n) is 7.62. The molecule has 0 saturated heterocycles. The number of hydrogen-bond donors (Lipinski definition) is 0. The largest absolute Gasteiger partial charge is 0.466 e. The number of esters is 1. The van der Waals surface area contributed by atoms with Crippen LogP contribution in [-0.4, -0.2) is 12.6 Å². The topological polar surface area (TPSA) is 26.3 Å². The maximum Gasteiger partial charge on any atom is 0.305 e. The fourth-order valence-electron chi connectivity index (χ4n) is 3.13. The molecule has 0 atom stereocenters. The van der Waals surface area contributed by atoms with Crippen molar-refractivity contribution < 1.29 is 9.53 Å². The Bertz CT molecular complexity index is 309. The third kappa shape index (κ3) is 21.3. The zero-order valence-corrected chi connectivity index (χ0v) is 17.9. The van der Waals surface area contributed by atoms with Gasteiger partial charge in [0.1, 0.15) is 0 Å². The van der Waals surface area contributed by atoms with Crippen molar-refractivity contribution >= 4 is 5.97 Å². The lowest BCUT2D eigenvalue weighted by atomic mass is 10.1. The minimum Gasteiger partial charge on any atom is -0.466 e. The van der Waals surface area contributed by atoms with Crippen molar-refractivity contribution in [1.29, 1.82) is 0 Å². The third-order valence-corrected chi connectivity index (χ3v) is 4.90. The number of rotatable bonds is 20. The number of hydrogen-bond acceptors (Lipinski definition) is 2. The summed E-state index contributed by atoms with van der Waals surface area (Å²) in [5, 5.41) is 0. The SMILES string of the molecule is CCCCCCCC/C=C\CCCCCCCC(=O)OCCCCCC. The van der Waals surface area contributed by atoms with Crippen LogP contribution in [0.5, 0.6) is 0 Å². The molecule has 0 aliphatic rings. The molecule has 0 radical (unpaired) electrons. The van der Waals surface area contributed by atoms with Crippen molar-refractivity contribution in [3.63, 3.8) is 0 Å². The Balaban J connectivity index is 3.18. The highest BCUT2D eigenvalue weighted by Gasteiger charge is 2.02. The molecule has 0 aliphatic heterocycles. The van der Waals surface area contributed by atoms with E-state index in [-0.39, 0.29) is 5.97 Å². The molecule has 0 aromatic carbocycles. The Kier molecular flexibility index (Phi) is 21.6. The summed E-state index contributed by atoms with van der Waals surface area (Å²) in [6.45, 7) is 5.08. The smallest absolute Gasteiger partial charge is 0.305 e. The van der Waals surface area contributed by atoms with Crippen LogP contribution in [0.2, 0.25) is 0 Å². The Labute approximate surface area is 164 Å². The van der Waals surface area contributed by atoms with Crippen molar-refractivity contribution in [2.45, 2.75) is 129 Å². The molecule has 0 unspecified atom stereocenters. The summed E-state index contributed by atoms with van der Waals surface area (Å²) in [5.74, 6) is -0.000809. The maximum absolute atomic E-state index is 11.6. The van der Waals surface area contributed by atoms with Crippen LogP contribution in [-0.2, 0) is 9.53 Å². The minimum absolute atomic E-state index is 0.000809. The normalized spacial score (nSPS) is 11.3. The van der Waals surface area contributed by atoms with E-state index >= 15 is 0 Å². The summed E-state index contributed by atoms with van der Waals surface area (Å²) >= 11 is 0. The first-order valence-corrected chi connectivity index (χ1v) is 11.6. The minimum atomic E-state index is -0.000809. The van der Waals surface area contributed by atoms with E-state index in [1.165, 1.54) is 89.9 Å². The predicted molar refractivity (Wildman–Crippen MR) is 115 cm³/mol. The molecule has 0 aromatic rings. The van der Waals surface area contributed by atoms with Crippen molar-refractivity contribution in [3.8, 4) is 0 Å².